The van der Waals surface area contributed by atoms with Crippen LogP contribution in [-0.2, 0) is 0 Å². The first-order valence-corrected chi connectivity index (χ1v) is 10.4. The van der Waals surface area contributed by atoms with Crippen molar-refractivity contribution < 1.29 is 0 Å². The molecule has 2 aromatic carbocycles. The van der Waals surface area contributed by atoms with Gasteiger partial charge in [-0.25, -0.2) is 0 Å². The zero-order valence-electron chi connectivity index (χ0n) is 18.8. The van der Waals surface area contributed by atoms with E-state index in [1.165, 1.54) is 0 Å². The van der Waals surface area contributed by atoms with Gasteiger partial charge in [-0.3, -0.25) is 9.98 Å². The Kier molecular flexibility index (Phi) is 7.21. The molecule has 0 bridgehead atoms. The second kappa shape index (κ2) is 10.2. The summed E-state index contributed by atoms with van der Waals surface area (Å²) < 4.78 is 0. The summed E-state index contributed by atoms with van der Waals surface area (Å²) in [5.41, 5.74) is 8.07. The van der Waals surface area contributed by atoms with E-state index in [0.717, 1.165) is 56.7 Å². The fourth-order valence-electron chi connectivity index (χ4n) is 3.63. The second-order valence-corrected chi connectivity index (χ2v) is 7.56. The Morgan fingerprint density at radius 2 is 1.03 bits per heavy atom. The molecule has 2 aromatic rings. The fraction of sp³-hybridized carbons (Fsp3) is 0.231. The quantitative estimate of drug-likeness (QED) is 0.557. The lowest BCUT2D eigenvalue weighted by Gasteiger charge is -2.18. The van der Waals surface area contributed by atoms with Crippen LogP contribution in [0.1, 0.15) is 40.5 Å². The molecule has 1 aliphatic heterocycles. The molecule has 3 rings (SSSR count). The Balaban J connectivity index is 2.30. The number of fused-ring (bicyclic) bond motifs is 2. The number of para-hydroxylation sites is 4. The van der Waals surface area contributed by atoms with Gasteiger partial charge in [0.25, 0.3) is 0 Å². The monoisotopic (exact) mass is 422 g/mol. The lowest BCUT2D eigenvalue weighted by atomic mass is 10.0. The van der Waals surface area contributed by atoms with Crippen LogP contribution in [0, 0.1) is 22.7 Å². The molecule has 0 unspecified atom stereocenters. The molecule has 0 saturated carbocycles. The minimum atomic E-state index is 0.236. The Morgan fingerprint density at radius 3 is 1.41 bits per heavy atom. The first-order chi connectivity index (χ1) is 15.4. The van der Waals surface area contributed by atoms with Crippen LogP contribution in [-0.4, -0.2) is 11.4 Å². The molecule has 32 heavy (non-hydrogen) atoms. The first-order valence-electron chi connectivity index (χ1n) is 10.4. The third-order valence-corrected chi connectivity index (χ3v) is 5.32. The molecule has 0 aliphatic carbocycles. The third kappa shape index (κ3) is 5.11. The molecule has 0 atom stereocenters. The summed E-state index contributed by atoms with van der Waals surface area (Å²) in [5, 5.41) is 25.7. The zero-order chi connectivity index (χ0) is 23.1. The van der Waals surface area contributed by atoms with E-state index in [1.54, 1.807) is 0 Å². The van der Waals surface area contributed by atoms with Gasteiger partial charge in [-0.2, -0.15) is 10.5 Å². The summed E-state index contributed by atoms with van der Waals surface area (Å²) >= 11 is 0. The number of hydrogen-bond acceptors (Lipinski definition) is 6. The maximum absolute atomic E-state index is 9.43. The maximum Gasteiger partial charge on any atom is 0.0867 e. The second-order valence-electron chi connectivity index (χ2n) is 7.56. The highest BCUT2D eigenvalue weighted by atomic mass is 15.0. The van der Waals surface area contributed by atoms with Gasteiger partial charge in [0.2, 0.25) is 0 Å². The lowest BCUT2D eigenvalue weighted by Crippen LogP contribution is -2.09. The molecule has 6 heteroatoms. The minimum absolute atomic E-state index is 0.236. The molecule has 0 spiro atoms. The standard InChI is InChI=1S/C26H26N6/c1-17-21(13-15-27)18(2)30-25-11-7-8-12-26(25)32-20(4)22(14-16-28)19(3)31-24-10-6-5-9-23(24)29-17/h5-12,29,32H,13-14H2,1-4H3/b21-17-,22-20-,30-18?,31-19?. The zero-order valence-corrected chi connectivity index (χ0v) is 18.8. The van der Waals surface area contributed by atoms with Gasteiger partial charge in [0.05, 0.1) is 47.7 Å². The number of aliphatic imine (C=N–C) groups is 2. The summed E-state index contributed by atoms with van der Waals surface area (Å²) in [6, 6.07) is 20.0. The fourth-order valence-corrected chi connectivity index (χ4v) is 3.63. The van der Waals surface area contributed by atoms with Crippen molar-refractivity contribution >= 4 is 34.2 Å². The molecule has 1 heterocycles. The first kappa shape index (κ1) is 22.5. The number of anilines is 2. The topological polar surface area (TPSA) is 96.4 Å². The van der Waals surface area contributed by atoms with Gasteiger partial charge >= 0.3 is 0 Å². The average molecular weight is 423 g/mol. The van der Waals surface area contributed by atoms with Gasteiger partial charge in [-0.15, -0.1) is 0 Å². The largest absolute Gasteiger partial charge is 0.357 e. The van der Waals surface area contributed by atoms with Gasteiger partial charge in [-0.05, 0) is 52.0 Å². The number of nitrogens with one attached hydrogen (secondary N) is 2. The Labute approximate surface area is 189 Å². The Morgan fingerprint density at radius 1 is 0.656 bits per heavy atom. The molecule has 2 N–H and O–H groups in total. The van der Waals surface area contributed by atoms with Crippen molar-refractivity contribution in [3.05, 3.63) is 71.1 Å². The van der Waals surface area contributed by atoms with E-state index in [4.69, 9.17) is 9.98 Å². The van der Waals surface area contributed by atoms with Crippen LogP contribution < -0.4 is 10.6 Å². The van der Waals surface area contributed by atoms with Crippen LogP contribution in [0.2, 0.25) is 0 Å². The molecular formula is C26H26N6. The highest BCUT2D eigenvalue weighted by Crippen LogP contribution is 2.31. The number of rotatable bonds is 2. The van der Waals surface area contributed by atoms with Gasteiger partial charge < -0.3 is 10.6 Å². The van der Waals surface area contributed by atoms with Crippen LogP contribution in [0.3, 0.4) is 0 Å². The molecule has 0 saturated heterocycles. The third-order valence-electron chi connectivity index (χ3n) is 5.32. The van der Waals surface area contributed by atoms with E-state index in [-0.39, 0.29) is 12.8 Å². The summed E-state index contributed by atoms with van der Waals surface area (Å²) in [7, 11) is 0. The van der Waals surface area contributed by atoms with Crippen LogP contribution in [0.25, 0.3) is 0 Å². The van der Waals surface area contributed by atoms with E-state index >= 15 is 0 Å². The number of benzene rings is 2. The molecular weight excluding hydrogens is 396 g/mol. The van der Waals surface area contributed by atoms with Crippen molar-refractivity contribution in [1.29, 1.82) is 10.5 Å². The van der Waals surface area contributed by atoms with Crippen molar-refractivity contribution in [1.82, 2.24) is 0 Å². The van der Waals surface area contributed by atoms with Crippen LogP contribution in [0.5, 0.6) is 0 Å². The summed E-state index contributed by atoms with van der Waals surface area (Å²) in [6.45, 7) is 7.72. The lowest BCUT2D eigenvalue weighted by molar-refractivity contribution is 1.19. The maximum atomic E-state index is 9.43. The van der Waals surface area contributed by atoms with Crippen molar-refractivity contribution in [2.45, 2.75) is 40.5 Å². The molecule has 1 aliphatic rings. The van der Waals surface area contributed by atoms with Crippen molar-refractivity contribution in [2.24, 2.45) is 9.98 Å². The molecule has 0 aromatic heterocycles. The summed E-state index contributed by atoms with van der Waals surface area (Å²) in [6.07, 6.45) is 0.471. The highest BCUT2D eigenvalue weighted by Gasteiger charge is 2.14. The van der Waals surface area contributed by atoms with Crippen LogP contribution in [0.4, 0.5) is 22.7 Å². The van der Waals surface area contributed by atoms with Gasteiger partial charge in [0, 0.05) is 34.0 Å². The number of nitrogens with zero attached hydrogens (tertiary/aromatic N) is 4. The smallest absolute Gasteiger partial charge is 0.0867 e. The molecule has 0 fully saturated rings. The average Bonchev–Trinajstić information content (AvgIpc) is 2.77. The molecule has 0 radical (unpaired) electrons. The SMILES string of the molecule is CC1=Nc2ccccc2N/C(C)=C(/CC#N)C(C)=Nc2ccccc2N/C(C)=C\1CC#N. The predicted octanol–water partition coefficient (Wildman–Crippen LogP) is 6.78. The van der Waals surface area contributed by atoms with Crippen molar-refractivity contribution in [2.75, 3.05) is 10.6 Å². The number of hydrogen-bond donors (Lipinski definition) is 2. The van der Waals surface area contributed by atoms with Crippen LogP contribution >= 0.6 is 0 Å². The minimum Gasteiger partial charge on any atom is -0.357 e. The van der Waals surface area contributed by atoms with E-state index in [9.17, 15) is 10.5 Å². The molecule has 0 amide bonds. The predicted molar refractivity (Wildman–Crippen MR) is 132 cm³/mol. The van der Waals surface area contributed by atoms with E-state index in [2.05, 4.69) is 22.8 Å². The molecule has 6 nitrogen and oxygen atoms in total. The summed E-state index contributed by atoms with van der Waals surface area (Å²) in [5.74, 6) is 0. The van der Waals surface area contributed by atoms with E-state index < -0.39 is 0 Å². The van der Waals surface area contributed by atoms with Crippen molar-refractivity contribution in [3.63, 3.8) is 0 Å². The van der Waals surface area contributed by atoms with Crippen LogP contribution in [0.15, 0.2) is 81.1 Å². The van der Waals surface area contributed by atoms with E-state index in [0.29, 0.717) is 0 Å². The van der Waals surface area contributed by atoms with Gasteiger partial charge in [-0.1, -0.05) is 24.3 Å². The summed E-state index contributed by atoms with van der Waals surface area (Å²) in [4.78, 5) is 9.69. The Bertz CT molecular complexity index is 1130. The number of nitriles is 2. The number of allylic oxidation sites excluding steroid dienone is 4. The Hall–Kier alpha value is -4.16. The molecule has 160 valence electrons. The van der Waals surface area contributed by atoms with Crippen molar-refractivity contribution in [3.8, 4) is 12.1 Å². The van der Waals surface area contributed by atoms with Gasteiger partial charge in [0.15, 0.2) is 0 Å². The highest BCUT2D eigenvalue weighted by molar-refractivity contribution is 6.03. The normalized spacial score (nSPS) is 18.9. The van der Waals surface area contributed by atoms with Gasteiger partial charge in [0.1, 0.15) is 0 Å². The van der Waals surface area contributed by atoms with E-state index in [1.807, 2.05) is 76.2 Å².